The monoisotopic (exact) mass is 445 g/mol. The molecule has 3 N–H and O–H groups in total. The normalized spacial score (nSPS) is 10.6. The molecule has 0 aliphatic carbocycles. The quantitative estimate of drug-likeness (QED) is 0.621. The van der Waals surface area contributed by atoms with E-state index in [0.29, 0.717) is 17.5 Å². The van der Waals surface area contributed by atoms with Crippen molar-refractivity contribution >= 4 is 33.4 Å². The van der Waals surface area contributed by atoms with Crippen LogP contribution >= 0.6 is 15.9 Å². The van der Waals surface area contributed by atoms with Gasteiger partial charge in [-0.25, -0.2) is 8.78 Å². The summed E-state index contributed by atoms with van der Waals surface area (Å²) in [5, 5.41) is 2.32. The van der Waals surface area contributed by atoms with E-state index in [4.69, 9.17) is 5.73 Å². The summed E-state index contributed by atoms with van der Waals surface area (Å²) in [6, 6.07) is 12.1. The molecule has 5 nitrogen and oxygen atoms in total. The van der Waals surface area contributed by atoms with Crippen LogP contribution in [-0.2, 0) is 0 Å². The number of nitrogens with two attached hydrogens (primary N) is 1. The van der Waals surface area contributed by atoms with E-state index in [1.54, 1.807) is 19.1 Å². The molecule has 2 amide bonds. The first-order valence-corrected chi connectivity index (χ1v) is 8.89. The standard InChI is InChI=1S/C20H14BrF2N3O2/c1-10-13(5-6-17(25-10)11-3-2-4-12(21)7-11)20(28)26-18-8-14(19(24)27)15(22)9-16(18)23/h2-9H,1H3,(H2,24,27)(H,26,28). The van der Waals surface area contributed by atoms with Crippen molar-refractivity contribution in [3.63, 3.8) is 0 Å². The number of halogens is 3. The Bertz CT molecular complexity index is 1100. The van der Waals surface area contributed by atoms with Gasteiger partial charge in [-0.2, -0.15) is 0 Å². The van der Waals surface area contributed by atoms with Crippen molar-refractivity contribution in [3.05, 3.63) is 81.5 Å². The van der Waals surface area contributed by atoms with Crippen LogP contribution in [0.25, 0.3) is 11.3 Å². The molecule has 0 aliphatic heterocycles. The summed E-state index contributed by atoms with van der Waals surface area (Å²) in [6.45, 7) is 1.65. The van der Waals surface area contributed by atoms with Crippen molar-refractivity contribution in [2.75, 3.05) is 5.32 Å². The largest absolute Gasteiger partial charge is 0.366 e. The molecule has 1 aromatic heterocycles. The maximum absolute atomic E-state index is 14.0. The lowest BCUT2D eigenvalue weighted by atomic mass is 10.1. The van der Waals surface area contributed by atoms with Gasteiger partial charge in [-0.15, -0.1) is 0 Å². The van der Waals surface area contributed by atoms with E-state index in [1.165, 1.54) is 0 Å². The van der Waals surface area contributed by atoms with Crippen LogP contribution in [0.2, 0.25) is 0 Å². The van der Waals surface area contributed by atoms with E-state index >= 15 is 0 Å². The Morgan fingerprint density at radius 2 is 1.79 bits per heavy atom. The van der Waals surface area contributed by atoms with Crippen LogP contribution in [0.5, 0.6) is 0 Å². The van der Waals surface area contributed by atoms with Gasteiger partial charge < -0.3 is 11.1 Å². The van der Waals surface area contributed by atoms with Gasteiger partial charge in [0, 0.05) is 16.1 Å². The van der Waals surface area contributed by atoms with Gasteiger partial charge in [-0.05, 0) is 37.3 Å². The first kappa shape index (κ1) is 19.6. The van der Waals surface area contributed by atoms with Crippen molar-refractivity contribution in [2.45, 2.75) is 6.92 Å². The molecule has 3 rings (SSSR count). The van der Waals surface area contributed by atoms with Gasteiger partial charge >= 0.3 is 0 Å². The molecule has 0 unspecified atom stereocenters. The predicted molar refractivity (Wildman–Crippen MR) is 105 cm³/mol. The Morgan fingerprint density at radius 1 is 1.04 bits per heavy atom. The number of rotatable bonds is 4. The number of primary amides is 1. The molecule has 2 aromatic carbocycles. The van der Waals surface area contributed by atoms with Gasteiger partial charge in [-0.1, -0.05) is 28.1 Å². The van der Waals surface area contributed by atoms with Gasteiger partial charge in [0.05, 0.1) is 28.2 Å². The van der Waals surface area contributed by atoms with E-state index in [9.17, 15) is 18.4 Å². The maximum atomic E-state index is 14.0. The fourth-order valence-corrected chi connectivity index (χ4v) is 3.03. The number of nitrogens with one attached hydrogen (secondary N) is 1. The summed E-state index contributed by atoms with van der Waals surface area (Å²) in [6.07, 6.45) is 0. The molecule has 28 heavy (non-hydrogen) atoms. The second-order valence-electron chi connectivity index (χ2n) is 5.97. The minimum Gasteiger partial charge on any atom is -0.366 e. The molecule has 0 saturated carbocycles. The molecule has 0 radical (unpaired) electrons. The third-order valence-electron chi connectivity index (χ3n) is 4.02. The van der Waals surface area contributed by atoms with Gasteiger partial charge in [0.1, 0.15) is 11.6 Å². The summed E-state index contributed by atoms with van der Waals surface area (Å²) < 4.78 is 28.4. The van der Waals surface area contributed by atoms with Gasteiger partial charge in [0.2, 0.25) is 0 Å². The number of aromatic nitrogens is 1. The highest BCUT2D eigenvalue weighted by Crippen LogP contribution is 2.24. The number of carbonyl (C=O) groups excluding carboxylic acids is 2. The molecule has 0 atom stereocenters. The number of carbonyl (C=O) groups is 2. The van der Waals surface area contributed by atoms with Crippen LogP contribution in [0.15, 0.2) is 53.0 Å². The Morgan fingerprint density at radius 3 is 2.43 bits per heavy atom. The molecule has 0 saturated heterocycles. The molecule has 3 aromatic rings. The van der Waals surface area contributed by atoms with E-state index in [-0.39, 0.29) is 11.3 Å². The predicted octanol–water partition coefficient (Wildman–Crippen LogP) is 4.45. The lowest BCUT2D eigenvalue weighted by molar-refractivity contribution is 0.0992. The van der Waals surface area contributed by atoms with Crippen molar-refractivity contribution in [1.29, 1.82) is 0 Å². The van der Waals surface area contributed by atoms with E-state index in [2.05, 4.69) is 26.2 Å². The van der Waals surface area contributed by atoms with Gasteiger partial charge in [0.25, 0.3) is 11.8 Å². The summed E-state index contributed by atoms with van der Waals surface area (Å²) in [4.78, 5) is 28.2. The smallest absolute Gasteiger partial charge is 0.257 e. The minimum atomic E-state index is -1.10. The number of aryl methyl sites for hydroxylation is 1. The van der Waals surface area contributed by atoms with Gasteiger partial charge in [0.15, 0.2) is 0 Å². The van der Waals surface area contributed by atoms with Crippen LogP contribution in [0, 0.1) is 18.6 Å². The van der Waals surface area contributed by atoms with Crippen LogP contribution in [0.1, 0.15) is 26.4 Å². The zero-order chi connectivity index (χ0) is 20.4. The number of nitrogens with zero attached hydrogens (tertiary/aromatic N) is 1. The molecule has 0 bridgehead atoms. The Kier molecular flexibility index (Phi) is 5.51. The number of amides is 2. The Hall–Kier alpha value is -3.13. The molecule has 8 heteroatoms. The SMILES string of the molecule is Cc1nc(-c2cccc(Br)c2)ccc1C(=O)Nc1cc(C(N)=O)c(F)cc1F. The van der Waals surface area contributed by atoms with Crippen molar-refractivity contribution in [1.82, 2.24) is 4.98 Å². The number of pyridine rings is 1. The fourth-order valence-electron chi connectivity index (χ4n) is 2.63. The fraction of sp³-hybridized carbons (Fsp3) is 0.0500. The Balaban J connectivity index is 1.90. The molecule has 0 fully saturated rings. The topological polar surface area (TPSA) is 85.1 Å². The second-order valence-corrected chi connectivity index (χ2v) is 6.89. The van der Waals surface area contributed by atoms with E-state index in [0.717, 1.165) is 16.1 Å². The van der Waals surface area contributed by atoms with Crippen LogP contribution in [0.3, 0.4) is 0 Å². The maximum Gasteiger partial charge on any atom is 0.257 e. The zero-order valence-corrected chi connectivity index (χ0v) is 16.2. The molecule has 0 spiro atoms. The highest BCUT2D eigenvalue weighted by atomic mass is 79.9. The van der Waals surface area contributed by atoms with Crippen LogP contribution < -0.4 is 11.1 Å². The van der Waals surface area contributed by atoms with Crippen LogP contribution in [-0.4, -0.2) is 16.8 Å². The van der Waals surface area contributed by atoms with Crippen molar-refractivity contribution < 1.29 is 18.4 Å². The third-order valence-corrected chi connectivity index (χ3v) is 4.51. The number of hydrogen-bond donors (Lipinski definition) is 2. The van der Waals surface area contributed by atoms with Crippen molar-refractivity contribution in [2.24, 2.45) is 5.73 Å². The Labute approximate surface area is 167 Å². The average Bonchev–Trinajstić information content (AvgIpc) is 2.63. The molecular formula is C20H14BrF2N3O2. The van der Waals surface area contributed by atoms with Crippen molar-refractivity contribution in [3.8, 4) is 11.3 Å². The molecular weight excluding hydrogens is 432 g/mol. The lowest BCUT2D eigenvalue weighted by Gasteiger charge is -2.11. The highest BCUT2D eigenvalue weighted by Gasteiger charge is 2.18. The van der Waals surface area contributed by atoms with E-state index in [1.807, 2.05) is 24.3 Å². The number of anilines is 1. The zero-order valence-electron chi connectivity index (χ0n) is 14.6. The first-order valence-electron chi connectivity index (χ1n) is 8.10. The second kappa shape index (κ2) is 7.85. The van der Waals surface area contributed by atoms with Crippen LogP contribution in [0.4, 0.5) is 14.5 Å². The third kappa shape index (κ3) is 4.07. The molecule has 1 heterocycles. The first-order chi connectivity index (χ1) is 13.3. The molecule has 142 valence electrons. The summed E-state index contributed by atoms with van der Waals surface area (Å²) in [5.74, 6) is -3.83. The minimum absolute atomic E-state index is 0.211. The van der Waals surface area contributed by atoms with Gasteiger partial charge in [-0.3, -0.25) is 14.6 Å². The number of hydrogen-bond acceptors (Lipinski definition) is 3. The summed E-state index contributed by atoms with van der Waals surface area (Å²) >= 11 is 3.39. The average molecular weight is 446 g/mol. The molecule has 0 aliphatic rings. The van der Waals surface area contributed by atoms with E-state index < -0.39 is 29.0 Å². The summed E-state index contributed by atoms with van der Waals surface area (Å²) in [5.41, 5.74) is 6.35. The summed E-state index contributed by atoms with van der Waals surface area (Å²) in [7, 11) is 0. The number of benzene rings is 2. The lowest BCUT2D eigenvalue weighted by Crippen LogP contribution is -2.18. The highest BCUT2D eigenvalue weighted by molar-refractivity contribution is 9.10.